The van der Waals surface area contributed by atoms with Crippen LogP contribution in [0.1, 0.15) is 5.56 Å². The number of halogens is 1. The molecule has 72 valence electrons. The van der Waals surface area contributed by atoms with Crippen molar-refractivity contribution in [2.75, 3.05) is 0 Å². The molecular formula is C11H5ClN2O. The molecule has 0 radical (unpaired) electrons. The number of allylic oxidation sites excluding steroid dienone is 1. The van der Waals surface area contributed by atoms with Gasteiger partial charge in [0.1, 0.15) is 5.71 Å². The van der Waals surface area contributed by atoms with Crippen molar-refractivity contribution in [3.05, 3.63) is 34.9 Å². The maximum Gasteiger partial charge on any atom is 0.296 e. The average Bonchev–Trinajstić information content (AvgIpc) is 2.58. The highest BCUT2D eigenvalue weighted by Gasteiger charge is 2.27. The van der Waals surface area contributed by atoms with Gasteiger partial charge in [0.2, 0.25) is 0 Å². The van der Waals surface area contributed by atoms with E-state index >= 15 is 0 Å². The molecule has 2 aliphatic rings. The van der Waals surface area contributed by atoms with Crippen molar-refractivity contribution >= 4 is 40.7 Å². The highest BCUT2D eigenvalue weighted by atomic mass is 35.5. The zero-order valence-corrected chi connectivity index (χ0v) is 8.32. The summed E-state index contributed by atoms with van der Waals surface area (Å²) in [6.45, 7) is 0. The first-order valence-electron chi connectivity index (χ1n) is 4.43. The Hall–Kier alpha value is -1.74. The first-order valence-corrected chi connectivity index (χ1v) is 4.81. The lowest BCUT2D eigenvalue weighted by atomic mass is 10.0. The largest absolute Gasteiger partial charge is 0.296 e. The lowest BCUT2D eigenvalue weighted by Gasteiger charge is -2.03. The van der Waals surface area contributed by atoms with Crippen LogP contribution in [0.4, 0.5) is 5.69 Å². The van der Waals surface area contributed by atoms with Crippen molar-refractivity contribution in [3.63, 3.8) is 0 Å². The van der Waals surface area contributed by atoms with E-state index in [0.717, 1.165) is 16.8 Å². The van der Waals surface area contributed by atoms with Gasteiger partial charge in [0.25, 0.3) is 5.91 Å². The number of aliphatic imine (C=N–C) groups is 2. The second kappa shape index (κ2) is 2.87. The van der Waals surface area contributed by atoms with Crippen LogP contribution in [0.2, 0.25) is 5.02 Å². The van der Waals surface area contributed by atoms with E-state index in [1.54, 1.807) is 18.2 Å². The minimum absolute atomic E-state index is 0.292. The summed E-state index contributed by atoms with van der Waals surface area (Å²) < 4.78 is 0. The minimum atomic E-state index is -0.292. The summed E-state index contributed by atoms with van der Waals surface area (Å²) >= 11 is 5.89. The van der Waals surface area contributed by atoms with Crippen LogP contribution in [0.3, 0.4) is 0 Å². The van der Waals surface area contributed by atoms with Crippen LogP contribution in [-0.4, -0.2) is 17.8 Å². The Morgan fingerprint density at radius 1 is 1.27 bits per heavy atom. The number of rotatable bonds is 0. The third-order valence-corrected chi connectivity index (χ3v) is 2.61. The Labute approximate surface area is 90.8 Å². The maximum absolute atomic E-state index is 11.4. The lowest BCUT2D eigenvalue weighted by molar-refractivity contribution is -0.111. The summed E-state index contributed by atoms with van der Waals surface area (Å²) in [5.74, 6) is -0.292. The van der Waals surface area contributed by atoms with Crippen LogP contribution >= 0.6 is 11.6 Å². The Morgan fingerprint density at radius 3 is 3.00 bits per heavy atom. The van der Waals surface area contributed by atoms with E-state index in [1.807, 2.05) is 6.07 Å². The van der Waals surface area contributed by atoms with Gasteiger partial charge in [0, 0.05) is 22.4 Å². The van der Waals surface area contributed by atoms with Gasteiger partial charge in [-0.2, -0.15) is 0 Å². The number of benzene rings is 1. The molecule has 3 nitrogen and oxygen atoms in total. The maximum atomic E-state index is 11.4. The van der Waals surface area contributed by atoms with E-state index in [-0.39, 0.29) is 5.91 Å². The topological polar surface area (TPSA) is 41.8 Å². The predicted octanol–water partition coefficient (Wildman–Crippen LogP) is 2.42. The van der Waals surface area contributed by atoms with E-state index in [4.69, 9.17) is 11.6 Å². The van der Waals surface area contributed by atoms with E-state index < -0.39 is 0 Å². The first kappa shape index (κ1) is 8.56. The smallest absolute Gasteiger partial charge is 0.265 e. The molecule has 0 fully saturated rings. The van der Waals surface area contributed by atoms with Gasteiger partial charge < -0.3 is 0 Å². The predicted molar refractivity (Wildman–Crippen MR) is 60.0 cm³/mol. The fourth-order valence-corrected chi connectivity index (χ4v) is 1.87. The third kappa shape index (κ3) is 1.17. The second-order valence-electron chi connectivity index (χ2n) is 3.29. The molecule has 0 saturated heterocycles. The molecule has 1 aromatic carbocycles. The fraction of sp³-hybridized carbons (Fsp3) is 0. The van der Waals surface area contributed by atoms with Gasteiger partial charge in [-0.25, -0.2) is 9.98 Å². The van der Waals surface area contributed by atoms with E-state index in [0.29, 0.717) is 10.7 Å². The highest BCUT2D eigenvalue weighted by Crippen LogP contribution is 2.37. The van der Waals surface area contributed by atoms with Crippen LogP contribution in [0.25, 0.3) is 5.57 Å². The summed E-state index contributed by atoms with van der Waals surface area (Å²) in [7, 11) is 0. The van der Waals surface area contributed by atoms with E-state index in [1.165, 1.54) is 6.21 Å². The molecule has 1 aromatic rings. The molecular weight excluding hydrogens is 212 g/mol. The van der Waals surface area contributed by atoms with Crippen molar-refractivity contribution in [1.82, 2.24) is 0 Å². The zero-order valence-electron chi connectivity index (χ0n) is 7.57. The Balaban J connectivity index is 2.27. The average molecular weight is 217 g/mol. The molecule has 15 heavy (non-hydrogen) atoms. The monoisotopic (exact) mass is 216 g/mol. The molecule has 1 amide bonds. The molecule has 0 atom stereocenters. The number of hydrogen-bond donors (Lipinski definition) is 0. The molecule has 0 saturated carbocycles. The van der Waals surface area contributed by atoms with Crippen LogP contribution < -0.4 is 0 Å². The van der Waals surface area contributed by atoms with Gasteiger partial charge in [0.05, 0.1) is 5.69 Å². The number of hydrogen-bond acceptors (Lipinski definition) is 2. The third-order valence-electron chi connectivity index (χ3n) is 2.37. The summed E-state index contributed by atoms with van der Waals surface area (Å²) in [6.07, 6.45) is 3.27. The summed E-state index contributed by atoms with van der Waals surface area (Å²) in [6, 6.07) is 5.37. The van der Waals surface area contributed by atoms with E-state index in [9.17, 15) is 4.79 Å². The molecule has 0 spiro atoms. The van der Waals surface area contributed by atoms with Crippen molar-refractivity contribution in [1.29, 1.82) is 0 Å². The number of carbonyl (C=O) groups is 1. The molecule has 0 unspecified atom stereocenters. The SMILES string of the molecule is O=C1N=CC=C2C1=Nc1ccc(Cl)cc12. The molecule has 2 aliphatic heterocycles. The van der Waals surface area contributed by atoms with Crippen molar-refractivity contribution < 1.29 is 4.79 Å². The standard InChI is InChI=1S/C11H5ClN2O/c12-6-1-2-9-8(5-6)7-3-4-13-11(15)10(7)14-9/h1-5H. The van der Waals surface area contributed by atoms with Gasteiger partial charge >= 0.3 is 0 Å². The summed E-state index contributed by atoms with van der Waals surface area (Å²) in [4.78, 5) is 19.3. The van der Waals surface area contributed by atoms with Crippen molar-refractivity contribution in [2.24, 2.45) is 9.98 Å². The Bertz CT molecular complexity index is 570. The summed E-state index contributed by atoms with van der Waals surface area (Å²) in [5.41, 5.74) is 2.90. The molecule has 3 rings (SSSR count). The fourth-order valence-electron chi connectivity index (χ4n) is 1.70. The van der Waals surface area contributed by atoms with E-state index in [2.05, 4.69) is 9.98 Å². The molecule has 2 heterocycles. The number of carbonyl (C=O) groups excluding carboxylic acids is 1. The normalized spacial score (nSPS) is 17.0. The zero-order chi connectivity index (χ0) is 10.4. The molecule has 4 heteroatoms. The minimum Gasteiger partial charge on any atom is -0.265 e. The van der Waals surface area contributed by atoms with Crippen LogP contribution in [0, 0.1) is 0 Å². The number of amides is 1. The van der Waals surface area contributed by atoms with Crippen molar-refractivity contribution in [2.45, 2.75) is 0 Å². The van der Waals surface area contributed by atoms with Crippen molar-refractivity contribution in [3.8, 4) is 0 Å². The Morgan fingerprint density at radius 2 is 2.13 bits per heavy atom. The van der Waals surface area contributed by atoms with Gasteiger partial charge in [-0.05, 0) is 24.3 Å². The number of nitrogens with zero attached hydrogens (tertiary/aromatic N) is 2. The first-order chi connectivity index (χ1) is 7.25. The van der Waals surface area contributed by atoms with Crippen LogP contribution in [0.15, 0.2) is 34.3 Å². The van der Waals surface area contributed by atoms with Crippen LogP contribution in [-0.2, 0) is 4.79 Å². The Kier molecular flexibility index (Phi) is 1.64. The summed E-state index contributed by atoms with van der Waals surface area (Å²) in [5, 5.41) is 0.640. The quantitative estimate of drug-likeness (QED) is 0.657. The van der Waals surface area contributed by atoms with Crippen LogP contribution in [0.5, 0.6) is 0 Å². The number of dihydropyridines is 1. The second-order valence-corrected chi connectivity index (χ2v) is 3.72. The molecule has 0 aliphatic carbocycles. The van der Waals surface area contributed by atoms with Gasteiger partial charge in [-0.15, -0.1) is 0 Å². The molecule has 0 bridgehead atoms. The highest BCUT2D eigenvalue weighted by molar-refractivity contribution is 6.60. The van der Waals surface area contributed by atoms with Gasteiger partial charge in [-0.3, -0.25) is 4.79 Å². The molecule has 0 aromatic heterocycles. The number of fused-ring (bicyclic) bond motifs is 3. The van der Waals surface area contributed by atoms with Gasteiger partial charge in [-0.1, -0.05) is 11.6 Å². The molecule has 0 N–H and O–H groups in total. The van der Waals surface area contributed by atoms with Gasteiger partial charge in [0.15, 0.2) is 0 Å². The lowest BCUT2D eigenvalue weighted by Crippen LogP contribution is -2.13.